The molecule has 0 spiro atoms. The molecule has 10 heavy (non-hydrogen) atoms. The summed E-state index contributed by atoms with van der Waals surface area (Å²) in [5.41, 5.74) is 0. The third-order valence-electron chi connectivity index (χ3n) is 0.814. The van der Waals surface area contributed by atoms with Gasteiger partial charge in [0.15, 0.2) is 0 Å². The number of halogens is 4. The lowest BCUT2D eigenvalue weighted by atomic mass is 10.3. The van der Waals surface area contributed by atoms with E-state index < -0.39 is 7.25 Å². The van der Waals surface area contributed by atoms with Crippen molar-refractivity contribution in [2.24, 2.45) is 0 Å². The maximum Gasteiger partial charge on any atom is 0.673 e. The van der Waals surface area contributed by atoms with Crippen molar-refractivity contribution < 1.29 is 22.6 Å². The summed E-state index contributed by atoms with van der Waals surface area (Å²) in [4.78, 5) is 0. The number of nitrogens with two attached hydrogens (primary N) is 1. The highest BCUT2D eigenvalue weighted by atomic mass is 19.5. The van der Waals surface area contributed by atoms with Gasteiger partial charge < -0.3 is 22.6 Å². The normalized spacial score (nSPS) is 18.0. The molecule has 0 saturated carbocycles. The Morgan fingerprint density at radius 1 is 1.20 bits per heavy atom. The van der Waals surface area contributed by atoms with Gasteiger partial charge in [0.05, 0.1) is 6.54 Å². The Bertz CT molecular complexity index is 67.5. The van der Waals surface area contributed by atoms with Crippen LogP contribution in [0.15, 0.2) is 0 Å². The minimum absolute atomic E-state index is 1.12. The molecule has 0 radical (unpaired) electrons. The molecule has 0 unspecified atom stereocenters. The molecule has 62 valence electrons. The molecule has 7 heteroatoms. The molecular weight excluding hydrogens is 151 g/mol. The zero-order valence-electron chi connectivity index (χ0n) is 5.29. The third kappa shape index (κ3) is 15.6. The molecule has 1 aliphatic heterocycles. The first-order valence-electron chi connectivity index (χ1n) is 2.90. The van der Waals surface area contributed by atoms with E-state index in [1.807, 2.05) is 0 Å². The Morgan fingerprint density at radius 3 is 1.80 bits per heavy atom. The van der Waals surface area contributed by atoms with Gasteiger partial charge in [0, 0.05) is 6.54 Å². The number of rotatable bonds is 0. The maximum absolute atomic E-state index is 9.75. The minimum atomic E-state index is -6.00. The van der Waals surface area contributed by atoms with Crippen LogP contribution >= 0.6 is 0 Å². The predicted octanol–water partition coefficient (Wildman–Crippen LogP) is -0.590. The average Bonchev–Trinajstić information content (AvgIpc) is 2.07. The van der Waals surface area contributed by atoms with Crippen LogP contribution in [-0.4, -0.2) is 27.0 Å². The van der Waals surface area contributed by atoms with Crippen LogP contribution in [0.4, 0.5) is 17.3 Å². The zero-order chi connectivity index (χ0) is 8.04. The van der Waals surface area contributed by atoms with Crippen molar-refractivity contribution in [1.29, 1.82) is 0 Å². The van der Waals surface area contributed by atoms with Crippen LogP contribution in [0.1, 0.15) is 0 Å². The van der Waals surface area contributed by atoms with Crippen molar-refractivity contribution in [1.82, 2.24) is 5.32 Å². The molecule has 1 saturated heterocycles. The monoisotopic (exact) mass is 160 g/mol. The molecule has 0 aromatic carbocycles. The smallest absolute Gasteiger partial charge is 0.418 e. The van der Waals surface area contributed by atoms with Gasteiger partial charge in [-0.3, -0.25) is 5.32 Å². The summed E-state index contributed by atoms with van der Waals surface area (Å²) in [7, 11) is -6.00. The third-order valence-corrected chi connectivity index (χ3v) is 0.814. The summed E-state index contributed by atoms with van der Waals surface area (Å²) in [6, 6.07) is 0. The maximum atomic E-state index is 9.75. The van der Waals surface area contributed by atoms with Gasteiger partial charge in [-0.25, -0.2) is 0 Å². The summed E-state index contributed by atoms with van der Waals surface area (Å²) in [6.45, 7) is 3.58. The predicted molar refractivity (Wildman–Crippen MR) is 29.8 cm³/mol. The van der Waals surface area contributed by atoms with Crippen molar-refractivity contribution in [2.45, 2.75) is 0 Å². The zero-order valence-corrected chi connectivity index (χ0v) is 5.29. The van der Waals surface area contributed by atoms with Crippen LogP contribution in [0.25, 0.3) is 0 Å². The van der Waals surface area contributed by atoms with E-state index in [0.717, 1.165) is 6.67 Å². The first-order chi connectivity index (χ1) is 4.50. The Morgan fingerprint density at radius 2 is 1.70 bits per heavy atom. The van der Waals surface area contributed by atoms with Crippen LogP contribution in [0, 0.1) is 0 Å². The molecule has 1 heterocycles. The number of hydrogen-bond acceptors (Lipinski definition) is 1. The van der Waals surface area contributed by atoms with Crippen molar-refractivity contribution >= 4 is 7.25 Å². The van der Waals surface area contributed by atoms with Crippen LogP contribution < -0.4 is 10.6 Å². The lowest BCUT2D eigenvalue weighted by molar-refractivity contribution is -0.636. The van der Waals surface area contributed by atoms with Gasteiger partial charge in [0.2, 0.25) is 0 Å². The molecule has 1 rings (SSSR count). The van der Waals surface area contributed by atoms with Crippen molar-refractivity contribution in [3.05, 3.63) is 0 Å². The lowest BCUT2D eigenvalue weighted by Gasteiger charge is -1.94. The fourth-order valence-electron chi connectivity index (χ4n) is 0.510. The highest BCUT2D eigenvalue weighted by Gasteiger charge is 2.20. The van der Waals surface area contributed by atoms with E-state index in [1.165, 1.54) is 13.1 Å². The topological polar surface area (TPSA) is 28.6 Å². The molecule has 0 amide bonds. The molecule has 0 aromatic heterocycles. The average molecular weight is 160 g/mol. The van der Waals surface area contributed by atoms with E-state index in [4.69, 9.17) is 0 Å². The second-order valence-corrected chi connectivity index (χ2v) is 1.78. The molecule has 0 aliphatic carbocycles. The fourth-order valence-corrected chi connectivity index (χ4v) is 0.510. The standard InChI is InChI=1S/C3H8N2.BF4/c1-2-5-3-4-1;2-1(3,4)5/h4-5H,1-3H2;/q;-1/p+1. The van der Waals surface area contributed by atoms with E-state index in [9.17, 15) is 17.3 Å². The number of nitrogens with one attached hydrogen (secondary N) is 1. The van der Waals surface area contributed by atoms with Crippen LogP contribution in [-0.2, 0) is 0 Å². The van der Waals surface area contributed by atoms with Crippen LogP contribution in [0.3, 0.4) is 0 Å². The van der Waals surface area contributed by atoms with E-state index in [0.29, 0.717) is 0 Å². The Kier molecular flexibility index (Phi) is 4.38. The van der Waals surface area contributed by atoms with Gasteiger partial charge in [0.1, 0.15) is 6.67 Å². The second kappa shape index (κ2) is 4.51. The molecule has 1 fully saturated rings. The van der Waals surface area contributed by atoms with Gasteiger partial charge in [-0.05, 0) is 0 Å². The van der Waals surface area contributed by atoms with Gasteiger partial charge in [-0.2, -0.15) is 0 Å². The van der Waals surface area contributed by atoms with E-state index in [2.05, 4.69) is 10.6 Å². The first-order valence-corrected chi connectivity index (χ1v) is 2.90. The van der Waals surface area contributed by atoms with Crippen molar-refractivity contribution in [3.63, 3.8) is 0 Å². The summed E-state index contributed by atoms with van der Waals surface area (Å²) in [5, 5.41) is 5.42. The lowest BCUT2D eigenvalue weighted by Crippen LogP contribution is -2.82. The summed E-state index contributed by atoms with van der Waals surface area (Å²) in [5.74, 6) is 0. The molecule has 0 aromatic rings. The Balaban J connectivity index is 0.000000162. The van der Waals surface area contributed by atoms with Crippen molar-refractivity contribution in [2.75, 3.05) is 19.8 Å². The molecule has 3 N–H and O–H groups in total. The summed E-state index contributed by atoms with van der Waals surface area (Å²) >= 11 is 0. The van der Waals surface area contributed by atoms with E-state index >= 15 is 0 Å². The minimum Gasteiger partial charge on any atom is -0.418 e. The van der Waals surface area contributed by atoms with Gasteiger partial charge in [-0.15, -0.1) is 0 Å². The van der Waals surface area contributed by atoms with Crippen LogP contribution in [0.5, 0.6) is 0 Å². The molecule has 2 nitrogen and oxygen atoms in total. The van der Waals surface area contributed by atoms with Gasteiger partial charge in [0.25, 0.3) is 0 Å². The van der Waals surface area contributed by atoms with Crippen molar-refractivity contribution in [3.8, 4) is 0 Å². The molecular formula is C3H9BF4N2. The summed E-state index contributed by atoms with van der Waals surface area (Å²) in [6.07, 6.45) is 0. The van der Waals surface area contributed by atoms with E-state index in [1.54, 1.807) is 0 Å². The molecule has 0 atom stereocenters. The second-order valence-electron chi connectivity index (χ2n) is 1.78. The molecule has 0 bridgehead atoms. The number of hydrogen-bond donors (Lipinski definition) is 2. The fraction of sp³-hybridized carbons (Fsp3) is 1.00. The molecule has 1 aliphatic rings. The first kappa shape index (κ1) is 9.70. The largest absolute Gasteiger partial charge is 0.673 e. The van der Waals surface area contributed by atoms with E-state index in [-0.39, 0.29) is 0 Å². The highest BCUT2D eigenvalue weighted by molar-refractivity contribution is 6.50. The van der Waals surface area contributed by atoms with Gasteiger partial charge in [-0.1, -0.05) is 0 Å². The quantitative estimate of drug-likeness (QED) is 0.359. The number of quaternary nitrogens is 1. The van der Waals surface area contributed by atoms with Crippen LogP contribution in [0.2, 0.25) is 0 Å². The summed E-state index contributed by atoms with van der Waals surface area (Å²) < 4.78 is 39.0. The SMILES string of the molecule is C1C[NH2+]CN1.F[B-](F)(F)F. The Labute approximate surface area is 56.1 Å². The Hall–Kier alpha value is -0.295. The highest BCUT2D eigenvalue weighted by Crippen LogP contribution is 2.06. The van der Waals surface area contributed by atoms with Gasteiger partial charge >= 0.3 is 7.25 Å².